The molecule has 0 aliphatic carbocycles. The fourth-order valence-corrected chi connectivity index (χ4v) is 3.12. The number of amides is 1. The van der Waals surface area contributed by atoms with Gasteiger partial charge in [-0.15, -0.1) is 0 Å². The Balaban J connectivity index is 1.54. The summed E-state index contributed by atoms with van der Waals surface area (Å²) in [6.07, 6.45) is 2.50. The largest absolute Gasteiger partial charge is 0.463 e. The van der Waals surface area contributed by atoms with Crippen molar-refractivity contribution in [3.8, 4) is 6.07 Å². The lowest BCUT2D eigenvalue weighted by Crippen LogP contribution is -2.40. The topological polar surface area (TPSA) is 108 Å². The van der Waals surface area contributed by atoms with Gasteiger partial charge < -0.3 is 14.5 Å². The van der Waals surface area contributed by atoms with Gasteiger partial charge in [0.1, 0.15) is 11.8 Å². The van der Waals surface area contributed by atoms with Gasteiger partial charge in [-0.05, 0) is 36.6 Å². The molecule has 0 saturated heterocycles. The van der Waals surface area contributed by atoms with Crippen LogP contribution in [0, 0.1) is 18.3 Å². The number of ether oxygens (including phenoxy) is 1. The molecule has 8 heteroatoms. The van der Waals surface area contributed by atoms with Crippen LogP contribution in [-0.4, -0.2) is 42.0 Å². The third-order valence-electron chi connectivity index (χ3n) is 4.52. The number of aryl methyl sites for hydroxylation is 1. The fourth-order valence-electron chi connectivity index (χ4n) is 3.12. The van der Waals surface area contributed by atoms with Gasteiger partial charge in [-0.25, -0.2) is 4.79 Å². The van der Waals surface area contributed by atoms with Gasteiger partial charge in [-0.2, -0.15) is 5.26 Å². The Bertz CT molecular complexity index is 913. The minimum Gasteiger partial charge on any atom is -0.463 e. The smallest absolute Gasteiger partial charge is 0.373 e. The van der Waals surface area contributed by atoms with E-state index in [-0.39, 0.29) is 24.8 Å². The molecule has 2 aromatic rings. The summed E-state index contributed by atoms with van der Waals surface area (Å²) in [5.41, 5.74) is 3.42. The number of nitrogens with zero attached hydrogens (tertiary/aromatic N) is 3. The number of carbonyl (C=O) groups is 2. The van der Waals surface area contributed by atoms with E-state index >= 15 is 0 Å². The summed E-state index contributed by atoms with van der Waals surface area (Å²) in [7, 11) is 1.28. The van der Waals surface area contributed by atoms with Crippen molar-refractivity contribution in [2.24, 2.45) is 0 Å². The SMILES string of the molecule is COC(=O)c1ccc(CNC(=O)CN2CCc3c(cnc(C)c3C#N)C2)o1. The van der Waals surface area contributed by atoms with Gasteiger partial charge in [0.2, 0.25) is 11.7 Å². The molecule has 27 heavy (non-hydrogen) atoms. The van der Waals surface area contributed by atoms with E-state index in [0.717, 1.165) is 23.2 Å². The van der Waals surface area contributed by atoms with Gasteiger partial charge in [0, 0.05) is 19.3 Å². The molecule has 0 radical (unpaired) electrons. The van der Waals surface area contributed by atoms with Gasteiger partial charge in [0.15, 0.2) is 0 Å². The van der Waals surface area contributed by atoms with E-state index in [1.54, 1.807) is 12.3 Å². The second kappa shape index (κ2) is 8.01. The number of furan rings is 1. The Kier molecular flexibility index (Phi) is 5.52. The summed E-state index contributed by atoms with van der Waals surface area (Å²) in [5.74, 6) is -0.119. The summed E-state index contributed by atoms with van der Waals surface area (Å²) in [4.78, 5) is 29.9. The predicted molar refractivity (Wildman–Crippen MR) is 94.6 cm³/mol. The average Bonchev–Trinajstić information content (AvgIpc) is 3.15. The molecule has 2 aromatic heterocycles. The molecule has 1 N–H and O–H groups in total. The van der Waals surface area contributed by atoms with Crippen molar-refractivity contribution < 1.29 is 18.7 Å². The van der Waals surface area contributed by atoms with E-state index in [9.17, 15) is 14.9 Å². The second-order valence-corrected chi connectivity index (χ2v) is 6.33. The molecule has 3 heterocycles. The van der Waals surface area contributed by atoms with Crippen molar-refractivity contribution >= 4 is 11.9 Å². The van der Waals surface area contributed by atoms with Crippen molar-refractivity contribution in [2.75, 3.05) is 20.2 Å². The van der Waals surface area contributed by atoms with Gasteiger partial charge in [0.05, 0.1) is 31.5 Å². The monoisotopic (exact) mass is 368 g/mol. The number of carbonyl (C=O) groups excluding carboxylic acids is 2. The van der Waals surface area contributed by atoms with Crippen LogP contribution in [0.2, 0.25) is 0 Å². The van der Waals surface area contributed by atoms with Crippen molar-refractivity contribution in [1.29, 1.82) is 5.26 Å². The summed E-state index contributed by atoms with van der Waals surface area (Å²) < 4.78 is 9.89. The highest BCUT2D eigenvalue weighted by Crippen LogP contribution is 2.23. The minimum atomic E-state index is -0.555. The number of aromatic nitrogens is 1. The van der Waals surface area contributed by atoms with Crippen LogP contribution in [0.1, 0.15) is 38.7 Å². The number of esters is 1. The molecule has 1 amide bonds. The minimum absolute atomic E-state index is 0.102. The van der Waals surface area contributed by atoms with E-state index in [0.29, 0.717) is 24.4 Å². The number of methoxy groups -OCH3 is 1. The Morgan fingerprint density at radius 2 is 2.26 bits per heavy atom. The lowest BCUT2D eigenvalue weighted by molar-refractivity contribution is -0.122. The van der Waals surface area contributed by atoms with Gasteiger partial charge in [0.25, 0.3) is 0 Å². The highest BCUT2D eigenvalue weighted by molar-refractivity contribution is 5.86. The maximum Gasteiger partial charge on any atom is 0.373 e. The zero-order chi connectivity index (χ0) is 19.4. The van der Waals surface area contributed by atoms with Gasteiger partial charge in [-0.1, -0.05) is 0 Å². The second-order valence-electron chi connectivity index (χ2n) is 6.33. The van der Waals surface area contributed by atoms with E-state index in [2.05, 4.69) is 21.1 Å². The van der Waals surface area contributed by atoms with Crippen LogP contribution in [0.4, 0.5) is 0 Å². The molecule has 8 nitrogen and oxygen atoms in total. The van der Waals surface area contributed by atoms with Crippen LogP contribution in [0.3, 0.4) is 0 Å². The number of nitrogens with one attached hydrogen (secondary N) is 1. The van der Waals surface area contributed by atoms with Crippen molar-refractivity contribution in [1.82, 2.24) is 15.2 Å². The van der Waals surface area contributed by atoms with Crippen LogP contribution in [-0.2, 0) is 29.0 Å². The highest BCUT2D eigenvalue weighted by Gasteiger charge is 2.22. The Hall–Kier alpha value is -3.18. The molecular weight excluding hydrogens is 348 g/mol. The standard InChI is InChI=1S/C19H20N4O4/c1-12-16(7-20)15-5-6-23(10-13(15)8-21-12)11-18(24)22-9-14-3-4-17(27-14)19(25)26-2/h3-4,8H,5-6,9-11H2,1-2H3,(H,22,24). The summed E-state index contributed by atoms with van der Waals surface area (Å²) >= 11 is 0. The first-order valence-corrected chi connectivity index (χ1v) is 8.55. The number of nitriles is 1. The number of hydrogen-bond acceptors (Lipinski definition) is 7. The molecule has 1 aliphatic rings. The third kappa shape index (κ3) is 4.15. The predicted octanol–water partition coefficient (Wildman–Crippen LogP) is 1.32. The Morgan fingerprint density at radius 3 is 3.00 bits per heavy atom. The van der Waals surface area contributed by atoms with Crippen LogP contribution >= 0.6 is 0 Å². The van der Waals surface area contributed by atoms with E-state index in [1.165, 1.54) is 13.2 Å². The van der Waals surface area contributed by atoms with E-state index < -0.39 is 5.97 Å². The average molecular weight is 368 g/mol. The van der Waals surface area contributed by atoms with Crippen molar-refractivity contribution in [3.63, 3.8) is 0 Å². The number of hydrogen-bond donors (Lipinski definition) is 1. The molecule has 0 unspecified atom stereocenters. The first-order chi connectivity index (χ1) is 13.0. The molecule has 0 aromatic carbocycles. The first kappa shape index (κ1) is 18.6. The molecule has 0 atom stereocenters. The van der Waals surface area contributed by atoms with Crippen LogP contribution in [0.25, 0.3) is 0 Å². The lowest BCUT2D eigenvalue weighted by atomic mass is 9.96. The van der Waals surface area contributed by atoms with Gasteiger partial charge >= 0.3 is 5.97 Å². The number of rotatable bonds is 5. The third-order valence-corrected chi connectivity index (χ3v) is 4.52. The normalized spacial score (nSPS) is 13.5. The summed E-state index contributed by atoms with van der Waals surface area (Å²) in [6.45, 7) is 3.54. The maximum absolute atomic E-state index is 12.2. The van der Waals surface area contributed by atoms with Crippen molar-refractivity contribution in [2.45, 2.75) is 26.4 Å². The molecule has 0 fully saturated rings. The van der Waals surface area contributed by atoms with Crippen molar-refractivity contribution in [3.05, 3.63) is 52.2 Å². The van der Waals surface area contributed by atoms with Gasteiger partial charge in [-0.3, -0.25) is 14.7 Å². The van der Waals surface area contributed by atoms with Crippen LogP contribution in [0.5, 0.6) is 0 Å². The summed E-state index contributed by atoms with van der Waals surface area (Å²) in [5, 5.41) is 12.1. The number of pyridine rings is 1. The molecular formula is C19H20N4O4. The zero-order valence-electron chi connectivity index (χ0n) is 15.2. The Labute approximate surface area is 156 Å². The van der Waals surface area contributed by atoms with Crippen LogP contribution < -0.4 is 5.32 Å². The molecule has 0 spiro atoms. The zero-order valence-corrected chi connectivity index (χ0v) is 15.2. The molecule has 3 rings (SSSR count). The molecule has 0 saturated carbocycles. The summed E-state index contributed by atoms with van der Waals surface area (Å²) in [6, 6.07) is 5.36. The quantitative estimate of drug-likeness (QED) is 0.793. The molecule has 140 valence electrons. The molecule has 1 aliphatic heterocycles. The highest BCUT2D eigenvalue weighted by atomic mass is 16.5. The van der Waals surface area contributed by atoms with E-state index in [4.69, 9.17) is 4.42 Å². The van der Waals surface area contributed by atoms with E-state index in [1.807, 2.05) is 11.8 Å². The maximum atomic E-state index is 12.2. The fraction of sp³-hybridized carbons (Fsp3) is 0.368. The molecule has 0 bridgehead atoms. The lowest BCUT2D eigenvalue weighted by Gasteiger charge is -2.28. The first-order valence-electron chi connectivity index (χ1n) is 8.55. The number of fused-ring (bicyclic) bond motifs is 1. The Morgan fingerprint density at radius 1 is 1.44 bits per heavy atom. The van der Waals surface area contributed by atoms with Crippen LogP contribution in [0.15, 0.2) is 22.7 Å².